The largest absolute Gasteiger partial charge is 0.497 e. The van der Waals surface area contributed by atoms with Crippen molar-refractivity contribution in [3.63, 3.8) is 0 Å². The topological polar surface area (TPSA) is 39.2 Å². The lowest BCUT2D eigenvalue weighted by Gasteiger charge is -2.06. The summed E-state index contributed by atoms with van der Waals surface area (Å²) >= 11 is 6.70. The van der Waals surface area contributed by atoms with Crippen LogP contribution in [0.3, 0.4) is 0 Å². The van der Waals surface area contributed by atoms with E-state index in [4.69, 9.17) is 4.74 Å². The number of benzene rings is 1. The van der Waals surface area contributed by atoms with Crippen molar-refractivity contribution >= 4 is 37.6 Å². The molecule has 0 saturated heterocycles. The van der Waals surface area contributed by atoms with Crippen molar-refractivity contribution in [1.82, 2.24) is 4.98 Å². The summed E-state index contributed by atoms with van der Waals surface area (Å²) in [5.74, 6) is 0.663. The first-order valence-electron chi connectivity index (χ1n) is 5.57. The van der Waals surface area contributed by atoms with Crippen LogP contribution in [0.15, 0.2) is 45.5 Å². The van der Waals surface area contributed by atoms with Crippen LogP contribution < -0.4 is 4.74 Å². The van der Waals surface area contributed by atoms with E-state index >= 15 is 0 Å². The smallest absolute Gasteiger partial charge is 0.170 e. The second-order valence-electron chi connectivity index (χ2n) is 3.91. The number of hydrogen-bond donors (Lipinski definition) is 0. The molecule has 2 rings (SSSR count). The highest BCUT2D eigenvalue weighted by molar-refractivity contribution is 9.10. The van der Waals surface area contributed by atoms with Gasteiger partial charge < -0.3 is 4.74 Å². The van der Waals surface area contributed by atoms with Crippen LogP contribution in [-0.4, -0.2) is 17.9 Å². The van der Waals surface area contributed by atoms with E-state index in [9.17, 15) is 4.79 Å². The van der Waals surface area contributed by atoms with Crippen LogP contribution in [0.25, 0.3) is 0 Å². The third-order valence-corrected chi connectivity index (χ3v) is 3.76. The molecule has 0 saturated carbocycles. The number of pyridine rings is 1. The Bertz CT molecular complexity index is 597. The highest BCUT2D eigenvalue weighted by atomic mass is 79.9. The lowest BCUT2D eigenvalue weighted by atomic mass is 10.1. The normalized spacial score (nSPS) is 10.3. The Morgan fingerprint density at radius 1 is 1.26 bits per heavy atom. The molecule has 1 aromatic heterocycles. The van der Waals surface area contributed by atoms with Crippen LogP contribution in [0.1, 0.15) is 16.1 Å². The second-order valence-corrected chi connectivity index (χ2v) is 5.68. The zero-order chi connectivity index (χ0) is 13.8. The van der Waals surface area contributed by atoms with Crippen molar-refractivity contribution < 1.29 is 9.53 Å². The number of methoxy groups -OCH3 is 1. The lowest BCUT2D eigenvalue weighted by Crippen LogP contribution is -2.06. The minimum Gasteiger partial charge on any atom is -0.497 e. The van der Waals surface area contributed by atoms with Gasteiger partial charge in [-0.1, -0.05) is 15.9 Å². The minimum absolute atomic E-state index is 0.000553. The third-order valence-electron chi connectivity index (χ3n) is 2.60. The molecular formula is C14H11Br2NO2. The van der Waals surface area contributed by atoms with Crippen molar-refractivity contribution in [2.75, 3.05) is 7.11 Å². The van der Waals surface area contributed by atoms with Gasteiger partial charge >= 0.3 is 0 Å². The van der Waals surface area contributed by atoms with E-state index < -0.39 is 0 Å². The average molecular weight is 385 g/mol. The maximum Gasteiger partial charge on any atom is 0.170 e. The van der Waals surface area contributed by atoms with Crippen LogP contribution >= 0.6 is 31.9 Å². The van der Waals surface area contributed by atoms with Crippen LogP contribution in [0, 0.1) is 0 Å². The van der Waals surface area contributed by atoms with Crippen molar-refractivity contribution in [1.29, 1.82) is 0 Å². The van der Waals surface area contributed by atoms with Gasteiger partial charge in [-0.2, -0.15) is 0 Å². The SMILES string of the molecule is COc1ccc(Br)c(C(=O)Cc2ccc(Br)cn2)c1. The molecule has 98 valence electrons. The number of aromatic nitrogens is 1. The maximum absolute atomic E-state index is 12.3. The van der Waals surface area contributed by atoms with Gasteiger partial charge in [-0.25, -0.2) is 0 Å². The van der Waals surface area contributed by atoms with E-state index in [0.29, 0.717) is 11.3 Å². The molecule has 0 spiro atoms. The number of ketones is 1. The molecule has 0 aliphatic heterocycles. The van der Waals surface area contributed by atoms with Gasteiger partial charge in [0.05, 0.1) is 13.5 Å². The highest BCUT2D eigenvalue weighted by Gasteiger charge is 2.12. The van der Waals surface area contributed by atoms with Crippen molar-refractivity contribution in [3.8, 4) is 5.75 Å². The first-order valence-corrected chi connectivity index (χ1v) is 7.16. The lowest BCUT2D eigenvalue weighted by molar-refractivity contribution is 0.0991. The standard InChI is InChI=1S/C14H11Br2NO2/c1-19-11-4-5-13(16)12(7-11)14(18)6-10-3-2-9(15)8-17-10/h2-5,7-8H,6H2,1H3. The molecule has 2 aromatic rings. The molecule has 0 N–H and O–H groups in total. The van der Waals surface area contributed by atoms with Crippen LogP contribution in [0.2, 0.25) is 0 Å². The number of Topliss-reactive ketones (excluding diaryl/α,β-unsaturated/α-hetero) is 1. The summed E-state index contributed by atoms with van der Waals surface area (Å²) < 4.78 is 6.79. The minimum atomic E-state index is 0.000553. The van der Waals surface area contributed by atoms with Gasteiger partial charge in [0.25, 0.3) is 0 Å². The Morgan fingerprint density at radius 2 is 2.05 bits per heavy atom. The Balaban J connectivity index is 2.22. The molecule has 1 heterocycles. The molecule has 1 aromatic carbocycles. The van der Waals surface area contributed by atoms with E-state index in [2.05, 4.69) is 36.8 Å². The van der Waals surface area contributed by atoms with Gasteiger partial charge in [-0.15, -0.1) is 0 Å². The highest BCUT2D eigenvalue weighted by Crippen LogP contribution is 2.23. The maximum atomic E-state index is 12.3. The molecule has 0 unspecified atom stereocenters. The summed E-state index contributed by atoms with van der Waals surface area (Å²) in [5, 5.41) is 0. The van der Waals surface area contributed by atoms with Crippen molar-refractivity contribution in [2.45, 2.75) is 6.42 Å². The number of carbonyl (C=O) groups excluding carboxylic acids is 1. The van der Waals surface area contributed by atoms with Gasteiger partial charge in [0, 0.05) is 26.4 Å². The molecule has 0 bridgehead atoms. The molecule has 0 aliphatic carbocycles. The molecule has 5 heteroatoms. The summed E-state index contributed by atoms with van der Waals surface area (Å²) in [5.41, 5.74) is 1.34. The van der Waals surface area contributed by atoms with Crippen LogP contribution in [0.4, 0.5) is 0 Å². The predicted octanol–water partition coefficient (Wildman–Crippen LogP) is 4.04. The second kappa shape index (κ2) is 6.30. The third kappa shape index (κ3) is 3.64. The summed E-state index contributed by atoms with van der Waals surface area (Å²) in [7, 11) is 1.58. The number of ether oxygens (including phenoxy) is 1. The molecule has 0 aliphatic rings. The summed E-state index contributed by atoms with van der Waals surface area (Å²) in [6, 6.07) is 9.04. The molecule has 19 heavy (non-hydrogen) atoms. The van der Waals surface area contributed by atoms with Gasteiger partial charge in [-0.05, 0) is 46.3 Å². The fourth-order valence-electron chi connectivity index (χ4n) is 1.62. The van der Waals surface area contributed by atoms with Gasteiger partial charge in [0.2, 0.25) is 0 Å². The van der Waals surface area contributed by atoms with E-state index in [0.717, 1.165) is 14.6 Å². The summed E-state index contributed by atoms with van der Waals surface area (Å²) in [6.07, 6.45) is 1.95. The number of halogens is 2. The number of nitrogens with zero attached hydrogens (tertiary/aromatic N) is 1. The zero-order valence-corrected chi connectivity index (χ0v) is 13.4. The predicted molar refractivity (Wildman–Crippen MR) is 80.7 cm³/mol. The molecule has 3 nitrogen and oxygen atoms in total. The van der Waals surface area contributed by atoms with E-state index in [-0.39, 0.29) is 12.2 Å². The van der Waals surface area contributed by atoms with Crippen molar-refractivity contribution in [2.24, 2.45) is 0 Å². The zero-order valence-electron chi connectivity index (χ0n) is 10.2. The summed E-state index contributed by atoms with van der Waals surface area (Å²) in [6.45, 7) is 0. The monoisotopic (exact) mass is 383 g/mol. The van der Waals surface area contributed by atoms with Gasteiger partial charge in [0.1, 0.15) is 5.75 Å². The molecular weight excluding hydrogens is 374 g/mol. The summed E-state index contributed by atoms with van der Waals surface area (Å²) in [4.78, 5) is 16.5. The Kier molecular flexibility index (Phi) is 4.71. The van der Waals surface area contributed by atoms with E-state index in [1.807, 2.05) is 12.1 Å². The first kappa shape index (κ1) is 14.2. The van der Waals surface area contributed by atoms with Crippen molar-refractivity contribution in [3.05, 3.63) is 56.7 Å². The molecule has 0 amide bonds. The Labute approximate surface area is 128 Å². The van der Waals surface area contributed by atoms with Gasteiger partial charge in [0.15, 0.2) is 5.78 Å². The van der Waals surface area contributed by atoms with Gasteiger partial charge in [-0.3, -0.25) is 9.78 Å². The number of hydrogen-bond acceptors (Lipinski definition) is 3. The molecule has 0 atom stereocenters. The first-order chi connectivity index (χ1) is 9.10. The Morgan fingerprint density at radius 3 is 2.68 bits per heavy atom. The van der Waals surface area contributed by atoms with Crippen LogP contribution in [0.5, 0.6) is 5.75 Å². The number of carbonyl (C=O) groups is 1. The van der Waals surface area contributed by atoms with Crippen LogP contribution in [-0.2, 0) is 6.42 Å². The fourth-order valence-corrected chi connectivity index (χ4v) is 2.32. The Hall–Kier alpha value is -1.20. The molecule has 0 fully saturated rings. The van der Waals surface area contributed by atoms with E-state index in [1.165, 1.54) is 0 Å². The fraction of sp³-hybridized carbons (Fsp3) is 0.143. The average Bonchev–Trinajstić information content (AvgIpc) is 2.42. The quantitative estimate of drug-likeness (QED) is 0.746. The molecule has 0 radical (unpaired) electrons. The number of rotatable bonds is 4. The van der Waals surface area contributed by atoms with E-state index in [1.54, 1.807) is 31.5 Å².